The Bertz CT molecular complexity index is 679. The standard InChI is InChI=1S/C26H40O3/c1-4-5-6-7-8-24(28)29-23-12-11-21-20-10-9-18-17-19(27)13-15-25(18,2)22(20)14-16-26(21,23)3/h17,20-23H,4-16H2,1-3H3/t20-,21-,22-,23+,25-,26-/m0/s1. The molecule has 4 aliphatic carbocycles. The highest BCUT2D eigenvalue weighted by atomic mass is 16.5. The van der Waals surface area contributed by atoms with Crippen molar-refractivity contribution in [3.8, 4) is 0 Å². The third-order valence-electron chi connectivity index (χ3n) is 9.38. The molecule has 4 rings (SSSR count). The Morgan fingerprint density at radius 1 is 1.03 bits per heavy atom. The Balaban J connectivity index is 1.43. The Morgan fingerprint density at radius 3 is 2.66 bits per heavy atom. The molecule has 0 heterocycles. The molecule has 0 radical (unpaired) electrons. The van der Waals surface area contributed by atoms with Crippen LogP contribution in [0.3, 0.4) is 0 Å². The topological polar surface area (TPSA) is 43.4 Å². The van der Waals surface area contributed by atoms with Gasteiger partial charge in [-0.2, -0.15) is 0 Å². The minimum absolute atomic E-state index is 0.0294. The van der Waals surface area contributed by atoms with Crippen molar-refractivity contribution >= 4 is 11.8 Å². The number of carbonyl (C=O) groups excluding carboxylic acids is 2. The van der Waals surface area contributed by atoms with Gasteiger partial charge in [0.15, 0.2) is 5.78 Å². The van der Waals surface area contributed by atoms with Crippen LogP contribution in [0.25, 0.3) is 0 Å². The largest absolute Gasteiger partial charge is 0.462 e. The van der Waals surface area contributed by atoms with Crippen LogP contribution in [0, 0.1) is 28.6 Å². The number of hydrogen-bond donors (Lipinski definition) is 0. The highest BCUT2D eigenvalue weighted by Gasteiger charge is 2.59. The van der Waals surface area contributed by atoms with Crippen LogP contribution in [0.15, 0.2) is 11.6 Å². The van der Waals surface area contributed by atoms with Crippen LogP contribution in [0.5, 0.6) is 0 Å². The quantitative estimate of drug-likeness (QED) is 0.383. The molecule has 0 N–H and O–H groups in total. The first-order valence-corrected chi connectivity index (χ1v) is 12.3. The van der Waals surface area contributed by atoms with Crippen molar-refractivity contribution < 1.29 is 14.3 Å². The van der Waals surface area contributed by atoms with E-state index in [4.69, 9.17) is 4.74 Å². The fourth-order valence-electron chi connectivity index (χ4n) is 7.62. The molecule has 0 bridgehead atoms. The summed E-state index contributed by atoms with van der Waals surface area (Å²) >= 11 is 0. The van der Waals surface area contributed by atoms with E-state index in [0.29, 0.717) is 24.0 Å². The van der Waals surface area contributed by atoms with Crippen molar-refractivity contribution in [2.45, 2.75) is 110 Å². The molecule has 0 aromatic carbocycles. The van der Waals surface area contributed by atoms with E-state index in [1.807, 2.05) is 6.08 Å². The van der Waals surface area contributed by atoms with Gasteiger partial charge >= 0.3 is 5.97 Å². The van der Waals surface area contributed by atoms with E-state index < -0.39 is 0 Å². The van der Waals surface area contributed by atoms with E-state index in [1.165, 1.54) is 44.1 Å². The van der Waals surface area contributed by atoms with E-state index in [2.05, 4.69) is 20.8 Å². The van der Waals surface area contributed by atoms with Crippen molar-refractivity contribution in [1.29, 1.82) is 0 Å². The van der Waals surface area contributed by atoms with Crippen molar-refractivity contribution in [2.24, 2.45) is 28.6 Å². The van der Waals surface area contributed by atoms with Crippen molar-refractivity contribution in [3.63, 3.8) is 0 Å². The molecule has 3 heteroatoms. The number of carbonyl (C=O) groups is 2. The summed E-state index contributed by atoms with van der Waals surface area (Å²) in [5, 5.41) is 0. The number of hydrogen-bond acceptors (Lipinski definition) is 3. The van der Waals surface area contributed by atoms with E-state index in [9.17, 15) is 9.59 Å². The van der Waals surface area contributed by atoms with Gasteiger partial charge in [0.1, 0.15) is 6.10 Å². The molecule has 0 aromatic heterocycles. The Hall–Kier alpha value is -1.12. The third-order valence-corrected chi connectivity index (χ3v) is 9.38. The van der Waals surface area contributed by atoms with Crippen molar-refractivity contribution in [1.82, 2.24) is 0 Å². The Labute approximate surface area is 177 Å². The first-order valence-electron chi connectivity index (χ1n) is 12.3. The summed E-state index contributed by atoms with van der Waals surface area (Å²) in [7, 11) is 0. The molecule has 4 aliphatic rings. The average Bonchev–Trinajstić information content (AvgIpc) is 3.02. The molecule has 0 aliphatic heterocycles. The van der Waals surface area contributed by atoms with E-state index >= 15 is 0 Å². The maximum Gasteiger partial charge on any atom is 0.306 e. The Kier molecular flexibility index (Phi) is 5.97. The van der Waals surface area contributed by atoms with Gasteiger partial charge < -0.3 is 4.74 Å². The lowest BCUT2D eigenvalue weighted by Crippen LogP contribution is -2.51. The second-order valence-electron chi connectivity index (χ2n) is 10.9. The van der Waals surface area contributed by atoms with E-state index in [1.54, 1.807) is 0 Å². The summed E-state index contributed by atoms with van der Waals surface area (Å²) in [5.74, 6) is 2.48. The van der Waals surface area contributed by atoms with Crippen LogP contribution < -0.4 is 0 Å². The average molecular weight is 401 g/mol. The molecule has 0 amide bonds. The summed E-state index contributed by atoms with van der Waals surface area (Å²) < 4.78 is 6.09. The van der Waals surface area contributed by atoms with Gasteiger partial charge in [-0.25, -0.2) is 0 Å². The summed E-state index contributed by atoms with van der Waals surface area (Å²) in [6.45, 7) is 7.05. The predicted molar refractivity (Wildman–Crippen MR) is 115 cm³/mol. The van der Waals surface area contributed by atoms with Gasteiger partial charge in [-0.3, -0.25) is 9.59 Å². The molecule has 6 atom stereocenters. The van der Waals surface area contributed by atoms with Gasteiger partial charge in [-0.15, -0.1) is 0 Å². The van der Waals surface area contributed by atoms with Crippen LogP contribution in [-0.4, -0.2) is 17.9 Å². The van der Waals surface area contributed by atoms with E-state index in [0.717, 1.165) is 44.4 Å². The van der Waals surface area contributed by atoms with Crippen LogP contribution in [0.1, 0.15) is 104 Å². The van der Waals surface area contributed by atoms with Gasteiger partial charge in [0.2, 0.25) is 0 Å². The highest BCUT2D eigenvalue weighted by Crippen LogP contribution is 2.65. The fourth-order valence-corrected chi connectivity index (χ4v) is 7.62. The van der Waals surface area contributed by atoms with E-state index in [-0.39, 0.29) is 22.9 Å². The van der Waals surface area contributed by atoms with Crippen molar-refractivity contribution in [3.05, 3.63) is 11.6 Å². The number of allylic oxidation sites excluding steroid dienone is 1. The van der Waals surface area contributed by atoms with Crippen LogP contribution in [-0.2, 0) is 14.3 Å². The first-order chi connectivity index (χ1) is 13.9. The number of rotatable bonds is 6. The maximum atomic E-state index is 12.5. The molecule has 29 heavy (non-hydrogen) atoms. The molecule has 0 unspecified atom stereocenters. The van der Waals surface area contributed by atoms with Crippen molar-refractivity contribution in [2.75, 3.05) is 0 Å². The lowest BCUT2D eigenvalue weighted by molar-refractivity contribution is -0.160. The lowest BCUT2D eigenvalue weighted by atomic mass is 9.47. The molecule has 0 spiro atoms. The molecule has 3 saturated carbocycles. The zero-order valence-corrected chi connectivity index (χ0v) is 18.8. The SMILES string of the molecule is CCCCCCC(=O)O[C@@H]1CC[C@H]2[C@@H]3CCC4=CC(=O)CC[C@]4(C)[C@H]3CC[C@]12C. The van der Waals surface area contributed by atoms with Gasteiger partial charge in [0.25, 0.3) is 0 Å². The minimum Gasteiger partial charge on any atom is -0.462 e. The molecule has 3 fully saturated rings. The number of esters is 1. The number of ether oxygens (including phenoxy) is 1. The maximum absolute atomic E-state index is 12.5. The predicted octanol–water partition coefficient (Wildman–Crippen LogP) is 6.40. The molecular weight excluding hydrogens is 360 g/mol. The molecular formula is C26H40O3. The van der Waals surface area contributed by atoms with Gasteiger partial charge in [0.05, 0.1) is 0 Å². The van der Waals surface area contributed by atoms with Crippen LogP contribution >= 0.6 is 0 Å². The normalized spacial score (nSPS) is 41.2. The Morgan fingerprint density at radius 2 is 1.86 bits per heavy atom. The van der Waals surface area contributed by atoms with Gasteiger partial charge in [0, 0.05) is 18.3 Å². The minimum atomic E-state index is 0.0294. The summed E-state index contributed by atoms with van der Waals surface area (Å²) in [6.07, 6.45) is 15.9. The fraction of sp³-hybridized carbons (Fsp3) is 0.846. The summed E-state index contributed by atoms with van der Waals surface area (Å²) in [4.78, 5) is 24.5. The molecule has 0 saturated heterocycles. The number of ketones is 1. The summed E-state index contributed by atoms with van der Waals surface area (Å²) in [6, 6.07) is 0. The number of fused-ring (bicyclic) bond motifs is 5. The third kappa shape index (κ3) is 3.72. The molecule has 162 valence electrons. The van der Waals surface area contributed by atoms with Crippen LogP contribution in [0.2, 0.25) is 0 Å². The second-order valence-corrected chi connectivity index (χ2v) is 10.9. The van der Waals surface area contributed by atoms with Gasteiger partial charge in [-0.05, 0) is 80.6 Å². The zero-order chi connectivity index (χ0) is 20.6. The van der Waals surface area contributed by atoms with Crippen LogP contribution in [0.4, 0.5) is 0 Å². The number of unbranched alkanes of at least 4 members (excludes halogenated alkanes) is 3. The lowest BCUT2D eigenvalue weighted by Gasteiger charge is -2.57. The van der Waals surface area contributed by atoms with Gasteiger partial charge in [-0.1, -0.05) is 45.6 Å². The zero-order valence-electron chi connectivity index (χ0n) is 18.8. The second kappa shape index (κ2) is 8.19. The first kappa shape index (κ1) is 21.1. The monoisotopic (exact) mass is 400 g/mol. The smallest absolute Gasteiger partial charge is 0.306 e. The molecule has 0 aromatic rings. The summed E-state index contributed by atoms with van der Waals surface area (Å²) in [5.41, 5.74) is 1.82. The highest BCUT2D eigenvalue weighted by molar-refractivity contribution is 5.91. The molecule has 3 nitrogen and oxygen atoms in total.